The molecule has 4 rings (SSSR count). The van der Waals surface area contributed by atoms with Gasteiger partial charge in [-0.1, -0.05) is 24.3 Å². The lowest BCUT2D eigenvalue weighted by atomic mass is 10.1. The molecular formula is C28H46Cl5N7. The Hall–Kier alpha value is -1.26. The molecule has 0 atom stereocenters. The Morgan fingerprint density at radius 3 is 2.08 bits per heavy atom. The molecule has 0 unspecified atom stereocenters. The van der Waals surface area contributed by atoms with Crippen molar-refractivity contribution >= 4 is 84.3 Å². The summed E-state index contributed by atoms with van der Waals surface area (Å²) in [5.41, 5.74) is 12.6. The Balaban J connectivity index is 0. The second-order valence-electron chi connectivity index (χ2n) is 9.49. The maximum Gasteiger partial charge on any atom is 0.0727 e. The van der Waals surface area contributed by atoms with E-state index in [4.69, 9.17) is 5.73 Å². The van der Waals surface area contributed by atoms with Crippen molar-refractivity contribution in [2.45, 2.75) is 32.9 Å². The number of nitrogens with zero attached hydrogens (tertiary/aromatic N) is 2. The predicted octanol–water partition coefficient (Wildman–Crippen LogP) is 5.21. The van der Waals surface area contributed by atoms with E-state index in [1.165, 1.54) is 24.0 Å². The normalized spacial score (nSPS) is 15.0. The van der Waals surface area contributed by atoms with Gasteiger partial charge in [0.25, 0.3) is 0 Å². The van der Waals surface area contributed by atoms with Gasteiger partial charge in [0.15, 0.2) is 0 Å². The number of rotatable bonds is 5. The zero-order chi connectivity index (χ0) is 24.3. The lowest BCUT2D eigenvalue weighted by Crippen LogP contribution is -2.36. The molecule has 1 aliphatic rings. The number of pyridine rings is 1. The topological polar surface area (TPSA) is 90.3 Å². The molecule has 0 radical (unpaired) electrons. The molecule has 7 nitrogen and oxygen atoms in total. The molecule has 40 heavy (non-hydrogen) atoms. The summed E-state index contributed by atoms with van der Waals surface area (Å²) >= 11 is 0. The van der Waals surface area contributed by atoms with Crippen LogP contribution in [0.25, 0.3) is 10.9 Å². The van der Waals surface area contributed by atoms with Crippen molar-refractivity contribution < 1.29 is 0 Å². The molecule has 1 aliphatic heterocycles. The van der Waals surface area contributed by atoms with E-state index in [0.717, 1.165) is 93.4 Å². The molecule has 228 valence electrons. The number of aromatic nitrogens is 1. The van der Waals surface area contributed by atoms with Crippen LogP contribution in [-0.2, 0) is 13.1 Å². The summed E-state index contributed by atoms with van der Waals surface area (Å²) in [4.78, 5) is 7.14. The average Bonchev–Trinajstić information content (AvgIpc) is 2.86. The number of nitrogens with two attached hydrogens (primary N) is 1. The first-order valence-corrected chi connectivity index (χ1v) is 13.0. The van der Waals surface area contributed by atoms with Crippen molar-refractivity contribution in [2.24, 2.45) is 0 Å². The van der Waals surface area contributed by atoms with Crippen LogP contribution in [0.15, 0.2) is 48.5 Å². The van der Waals surface area contributed by atoms with Crippen molar-refractivity contribution in [1.82, 2.24) is 25.8 Å². The Bertz CT molecular complexity index is 1060. The number of nitrogens with one attached hydrogen (secondary N) is 4. The van der Waals surface area contributed by atoms with Crippen LogP contribution in [0.2, 0.25) is 0 Å². The zero-order valence-corrected chi connectivity index (χ0v) is 27.2. The lowest BCUT2D eigenvalue weighted by Gasteiger charge is -2.23. The summed E-state index contributed by atoms with van der Waals surface area (Å²) in [5.74, 6) is 0. The Labute approximate surface area is 270 Å². The third kappa shape index (κ3) is 13.6. The van der Waals surface area contributed by atoms with E-state index in [1.54, 1.807) is 0 Å². The van der Waals surface area contributed by atoms with Crippen LogP contribution in [0.4, 0.5) is 11.4 Å². The first-order chi connectivity index (χ1) is 17.2. The first-order valence-electron chi connectivity index (χ1n) is 13.0. The van der Waals surface area contributed by atoms with Crippen LogP contribution in [0, 0.1) is 6.92 Å². The minimum Gasteiger partial charge on any atom is -0.398 e. The number of anilines is 2. The smallest absolute Gasteiger partial charge is 0.0727 e. The molecule has 0 saturated carbocycles. The summed E-state index contributed by atoms with van der Waals surface area (Å²) < 4.78 is 0. The van der Waals surface area contributed by atoms with E-state index in [-0.39, 0.29) is 62.0 Å². The second-order valence-corrected chi connectivity index (χ2v) is 9.49. The maximum absolute atomic E-state index is 6.21. The molecule has 3 aromatic rings. The van der Waals surface area contributed by atoms with Crippen molar-refractivity contribution in [3.05, 3.63) is 65.4 Å². The molecule has 0 amide bonds. The maximum atomic E-state index is 6.21. The van der Waals surface area contributed by atoms with E-state index in [0.29, 0.717) is 0 Å². The summed E-state index contributed by atoms with van der Waals surface area (Å²) in [6.07, 6.45) is 2.35. The van der Waals surface area contributed by atoms with Crippen LogP contribution >= 0.6 is 62.0 Å². The third-order valence-electron chi connectivity index (χ3n) is 6.51. The number of halogens is 5. The molecule has 0 spiro atoms. The van der Waals surface area contributed by atoms with Gasteiger partial charge in [-0.25, -0.2) is 0 Å². The van der Waals surface area contributed by atoms with Crippen molar-refractivity contribution in [3.63, 3.8) is 0 Å². The standard InChI is InChI=1S/C28H41N7.5ClH/c1-22-18-27(29)26-19-25(8-9-28(26)34-22)33-20-23-4-6-24(7-5-23)21-35-16-3-12-31-14-13-30-10-2-11-32-15-17-35;;;;;/h4-9,18-19,30-33H,2-3,10-17,20-21H2,1H3,(H2,29,34);5*1H. The number of fused-ring (bicyclic) bond motifs is 1. The molecule has 1 aromatic heterocycles. The highest BCUT2D eigenvalue weighted by Crippen LogP contribution is 2.24. The highest BCUT2D eigenvalue weighted by Gasteiger charge is 2.07. The fourth-order valence-corrected chi connectivity index (χ4v) is 4.55. The first kappa shape index (κ1) is 40.9. The summed E-state index contributed by atoms with van der Waals surface area (Å²) in [7, 11) is 0. The highest BCUT2D eigenvalue weighted by molar-refractivity contribution is 5.92. The molecule has 0 aliphatic carbocycles. The Morgan fingerprint density at radius 1 is 0.750 bits per heavy atom. The van der Waals surface area contributed by atoms with Crippen molar-refractivity contribution in [1.29, 1.82) is 0 Å². The van der Waals surface area contributed by atoms with Gasteiger partial charge in [0.05, 0.1) is 5.52 Å². The van der Waals surface area contributed by atoms with Gasteiger partial charge in [0.2, 0.25) is 0 Å². The second kappa shape index (κ2) is 22.4. The van der Waals surface area contributed by atoms with E-state index < -0.39 is 0 Å². The van der Waals surface area contributed by atoms with Gasteiger partial charge < -0.3 is 27.0 Å². The van der Waals surface area contributed by atoms with Crippen molar-refractivity contribution in [2.75, 3.05) is 63.4 Å². The minimum atomic E-state index is 0. The summed E-state index contributed by atoms with van der Waals surface area (Å²) in [5, 5.41) is 15.2. The molecule has 0 bridgehead atoms. The van der Waals surface area contributed by atoms with Gasteiger partial charge in [0.1, 0.15) is 0 Å². The fraction of sp³-hybridized carbons (Fsp3) is 0.464. The van der Waals surface area contributed by atoms with Gasteiger partial charge in [0, 0.05) is 61.7 Å². The van der Waals surface area contributed by atoms with Crippen LogP contribution in [0.5, 0.6) is 0 Å². The van der Waals surface area contributed by atoms with Crippen molar-refractivity contribution in [3.8, 4) is 0 Å². The molecule has 6 N–H and O–H groups in total. The quantitative estimate of drug-likeness (QED) is 0.258. The van der Waals surface area contributed by atoms with Gasteiger partial charge >= 0.3 is 0 Å². The molecule has 2 heterocycles. The predicted molar refractivity (Wildman–Crippen MR) is 184 cm³/mol. The largest absolute Gasteiger partial charge is 0.398 e. The van der Waals surface area contributed by atoms with Crippen LogP contribution < -0.4 is 27.0 Å². The molecule has 2 aromatic carbocycles. The molecule has 12 heteroatoms. The van der Waals surface area contributed by atoms with Crippen LogP contribution in [0.1, 0.15) is 29.7 Å². The highest BCUT2D eigenvalue weighted by atomic mass is 35.5. The lowest BCUT2D eigenvalue weighted by molar-refractivity contribution is 0.260. The Kier molecular flexibility index (Phi) is 22.8. The van der Waals surface area contributed by atoms with Gasteiger partial charge in [-0.2, -0.15) is 0 Å². The van der Waals surface area contributed by atoms with Gasteiger partial charge in [-0.15, -0.1) is 62.0 Å². The number of hydrogen-bond donors (Lipinski definition) is 5. The molecule has 1 saturated heterocycles. The number of benzene rings is 2. The third-order valence-corrected chi connectivity index (χ3v) is 6.51. The Morgan fingerprint density at radius 2 is 1.38 bits per heavy atom. The monoisotopic (exact) mass is 655 g/mol. The molecular weight excluding hydrogens is 612 g/mol. The summed E-state index contributed by atoms with van der Waals surface area (Å²) in [6, 6.07) is 17.1. The van der Waals surface area contributed by atoms with E-state index in [2.05, 4.69) is 67.5 Å². The molecule has 1 fully saturated rings. The van der Waals surface area contributed by atoms with Crippen LogP contribution in [-0.4, -0.2) is 62.2 Å². The van der Waals surface area contributed by atoms with E-state index >= 15 is 0 Å². The average molecular weight is 658 g/mol. The van der Waals surface area contributed by atoms with Crippen LogP contribution in [0.3, 0.4) is 0 Å². The zero-order valence-electron chi connectivity index (χ0n) is 23.1. The number of hydrogen-bond acceptors (Lipinski definition) is 7. The van der Waals surface area contributed by atoms with E-state index in [9.17, 15) is 0 Å². The van der Waals surface area contributed by atoms with E-state index in [1.807, 2.05) is 19.1 Å². The number of nitrogen functional groups attached to an aromatic ring is 1. The van der Waals surface area contributed by atoms with Gasteiger partial charge in [-0.05, 0) is 81.3 Å². The number of aryl methyl sites for hydroxylation is 1. The SMILES string of the molecule is Cc1cc(N)c2cc(NCc3ccc(CN4CCCNCCNCCCNCC4)cc3)ccc2n1.Cl.Cl.Cl.Cl.Cl. The minimum absolute atomic E-state index is 0. The van der Waals surface area contributed by atoms with Gasteiger partial charge in [-0.3, -0.25) is 9.88 Å². The summed E-state index contributed by atoms with van der Waals surface area (Å²) in [6.45, 7) is 12.3. The fourth-order valence-electron chi connectivity index (χ4n) is 4.55.